The molecule has 0 aliphatic carbocycles. The van der Waals surface area contributed by atoms with Gasteiger partial charge in [0, 0.05) is 13.6 Å². The molecule has 0 aliphatic rings. The molecule has 0 spiro atoms. The Bertz CT molecular complexity index is 951. The number of thioether (sulfide) groups is 1. The lowest BCUT2D eigenvalue weighted by Gasteiger charge is -2.17. The quantitative estimate of drug-likeness (QED) is 0.529. The van der Waals surface area contributed by atoms with E-state index in [1.165, 1.54) is 11.8 Å². The molecule has 0 atom stereocenters. The molecular weight excluding hydrogens is 386 g/mol. The van der Waals surface area contributed by atoms with Gasteiger partial charge in [0.25, 0.3) is 0 Å². The average molecular weight is 412 g/mol. The number of rotatable bonds is 8. The van der Waals surface area contributed by atoms with Gasteiger partial charge >= 0.3 is 0 Å². The van der Waals surface area contributed by atoms with Crippen molar-refractivity contribution in [1.82, 2.24) is 25.1 Å². The number of ether oxygens (including phenoxy) is 1. The minimum atomic E-state index is 0.0138. The highest BCUT2D eigenvalue weighted by Gasteiger charge is 2.16. The standard InChI is InChI=1S/C21H25N5O2S/c1-5-28-18-11-9-17(10-12-18)13-25(4)19(27)14-29-21-22-23-24-26(21)20-15(2)7-6-8-16(20)3/h6-12H,5,13-14H2,1-4H3. The van der Waals surface area contributed by atoms with Gasteiger partial charge in [-0.2, -0.15) is 4.68 Å². The molecule has 7 nitrogen and oxygen atoms in total. The summed E-state index contributed by atoms with van der Waals surface area (Å²) in [5.74, 6) is 1.11. The minimum absolute atomic E-state index is 0.0138. The Morgan fingerprint density at radius 1 is 1.14 bits per heavy atom. The van der Waals surface area contributed by atoms with E-state index in [4.69, 9.17) is 4.74 Å². The molecule has 0 aliphatic heterocycles. The van der Waals surface area contributed by atoms with Crippen LogP contribution in [0.25, 0.3) is 5.69 Å². The van der Waals surface area contributed by atoms with Crippen molar-refractivity contribution in [2.24, 2.45) is 0 Å². The molecule has 1 amide bonds. The molecule has 1 aromatic heterocycles. The third kappa shape index (κ3) is 5.14. The van der Waals surface area contributed by atoms with E-state index in [2.05, 4.69) is 15.5 Å². The number of para-hydroxylation sites is 1. The summed E-state index contributed by atoms with van der Waals surface area (Å²) in [7, 11) is 1.80. The molecule has 8 heteroatoms. The van der Waals surface area contributed by atoms with Crippen molar-refractivity contribution in [1.29, 1.82) is 0 Å². The lowest BCUT2D eigenvalue weighted by Crippen LogP contribution is -2.27. The molecular formula is C21H25N5O2S. The Hall–Kier alpha value is -2.87. The van der Waals surface area contributed by atoms with Crippen LogP contribution in [0, 0.1) is 13.8 Å². The van der Waals surface area contributed by atoms with E-state index in [0.717, 1.165) is 28.1 Å². The fourth-order valence-corrected chi connectivity index (χ4v) is 3.82. The van der Waals surface area contributed by atoms with Crippen molar-refractivity contribution in [3.8, 4) is 11.4 Å². The zero-order chi connectivity index (χ0) is 20.8. The zero-order valence-electron chi connectivity index (χ0n) is 17.1. The first kappa shape index (κ1) is 20.9. The van der Waals surface area contributed by atoms with E-state index in [1.54, 1.807) is 16.6 Å². The van der Waals surface area contributed by atoms with Crippen LogP contribution in [0.5, 0.6) is 5.75 Å². The van der Waals surface area contributed by atoms with E-state index in [-0.39, 0.29) is 11.7 Å². The van der Waals surface area contributed by atoms with Gasteiger partial charge in [-0.15, -0.1) is 5.10 Å². The second kappa shape index (κ2) is 9.56. The largest absolute Gasteiger partial charge is 0.494 e. The number of benzene rings is 2. The molecule has 0 saturated heterocycles. The van der Waals surface area contributed by atoms with Crippen LogP contribution in [-0.4, -0.2) is 50.4 Å². The van der Waals surface area contributed by atoms with Crippen LogP contribution < -0.4 is 4.74 Å². The molecule has 3 rings (SSSR count). The molecule has 0 unspecified atom stereocenters. The maximum absolute atomic E-state index is 12.6. The summed E-state index contributed by atoms with van der Waals surface area (Å²) in [6.07, 6.45) is 0. The van der Waals surface area contributed by atoms with Crippen molar-refractivity contribution >= 4 is 17.7 Å². The number of amides is 1. The number of hydrogen-bond donors (Lipinski definition) is 0. The molecule has 0 fully saturated rings. The first-order chi connectivity index (χ1) is 14.0. The fraction of sp³-hybridized carbons (Fsp3) is 0.333. The van der Waals surface area contributed by atoms with Crippen molar-refractivity contribution < 1.29 is 9.53 Å². The number of hydrogen-bond acceptors (Lipinski definition) is 6. The van der Waals surface area contributed by atoms with Crippen LogP contribution in [0.2, 0.25) is 0 Å². The molecule has 29 heavy (non-hydrogen) atoms. The molecule has 0 N–H and O–H groups in total. The monoisotopic (exact) mass is 411 g/mol. The van der Waals surface area contributed by atoms with Crippen LogP contribution in [-0.2, 0) is 11.3 Å². The Kier molecular flexibility index (Phi) is 6.87. The van der Waals surface area contributed by atoms with E-state index < -0.39 is 0 Å². The Labute approximate surface area is 175 Å². The lowest BCUT2D eigenvalue weighted by molar-refractivity contribution is -0.127. The molecule has 0 saturated carbocycles. The second-order valence-electron chi connectivity index (χ2n) is 6.73. The predicted molar refractivity (Wildman–Crippen MR) is 113 cm³/mol. The SMILES string of the molecule is CCOc1ccc(CN(C)C(=O)CSc2nnnn2-c2c(C)cccc2C)cc1. The Morgan fingerprint density at radius 2 is 1.83 bits per heavy atom. The van der Waals surface area contributed by atoms with Gasteiger partial charge in [0.1, 0.15) is 5.75 Å². The highest BCUT2D eigenvalue weighted by atomic mass is 32.2. The topological polar surface area (TPSA) is 73.1 Å². The maximum atomic E-state index is 12.6. The van der Waals surface area contributed by atoms with Gasteiger partial charge in [-0.1, -0.05) is 42.1 Å². The van der Waals surface area contributed by atoms with E-state index in [9.17, 15) is 4.79 Å². The molecule has 3 aromatic rings. The van der Waals surface area contributed by atoms with Gasteiger partial charge in [0.05, 0.1) is 18.0 Å². The summed E-state index contributed by atoms with van der Waals surface area (Å²) in [6, 6.07) is 13.8. The van der Waals surface area contributed by atoms with Crippen LogP contribution in [0.4, 0.5) is 0 Å². The summed E-state index contributed by atoms with van der Waals surface area (Å²) in [5.41, 5.74) is 4.17. The van der Waals surface area contributed by atoms with Crippen LogP contribution in [0.3, 0.4) is 0 Å². The minimum Gasteiger partial charge on any atom is -0.494 e. The Balaban J connectivity index is 1.62. The number of tetrazole rings is 1. The van der Waals surface area contributed by atoms with E-state index in [1.807, 2.05) is 63.2 Å². The number of nitrogens with zero attached hydrogens (tertiary/aromatic N) is 5. The zero-order valence-corrected chi connectivity index (χ0v) is 17.9. The van der Waals surface area contributed by atoms with Gasteiger partial charge in [0.15, 0.2) is 0 Å². The summed E-state index contributed by atoms with van der Waals surface area (Å²) < 4.78 is 7.16. The molecule has 1 heterocycles. The molecule has 0 radical (unpaired) electrons. The van der Waals surface area contributed by atoms with Gasteiger partial charge in [-0.25, -0.2) is 0 Å². The first-order valence-electron chi connectivity index (χ1n) is 9.43. The summed E-state index contributed by atoms with van der Waals surface area (Å²) in [4.78, 5) is 14.3. The summed E-state index contributed by atoms with van der Waals surface area (Å²) in [5, 5.41) is 12.6. The molecule has 2 aromatic carbocycles. The maximum Gasteiger partial charge on any atom is 0.233 e. The predicted octanol–water partition coefficient (Wildman–Crippen LogP) is 3.43. The first-order valence-corrected chi connectivity index (χ1v) is 10.4. The molecule has 0 bridgehead atoms. The van der Waals surface area contributed by atoms with Crippen molar-refractivity contribution in [3.63, 3.8) is 0 Å². The second-order valence-corrected chi connectivity index (χ2v) is 7.67. The lowest BCUT2D eigenvalue weighted by atomic mass is 10.1. The number of aryl methyl sites for hydroxylation is 2. The third-order valence-corrected chi connectivity index (χ3v) is 5.40. The highest BCUT2D eigenvalue weighted by Crippen LogP contribution is 2.23. The van der Waals surface area contributed by atoms with E-state index >= 15 is 0 Å². The van der Waals surface area contributed by atoms with Crippen molar-refractivity contribution in [2.45, 2.75) is 32.5 Å². The number of carbonyl (C=O) groups is 1. The normalized spacial score (nSPS) is 10.8. The third-order valence-electron chi connectivity index (χ3n) is 4.50. The van der Waals surface area contributed by atoms with Crippen molar-refractivity contribution in [3.05, 3.63) is 59.2 Å². The average Bonchev–Trinajstić information content (AvgIpc) is 3.16. The summed E-state index contributed by atoms with van der Waals surface area (Å²) in [6.45, 7) is 7.17. The summed E-state index contributed by atoms with van der Waals surface area (Å²) >= 11 is 1.34. The Morgan fingerprint density at radius 3 is 2.48 bits per heavy atom. The van der Waals surface area contributed by atoms with Gasteiger partial charge in [-0.3, -0.25) is 4.79 Å². The smallest absolute Gasteiger partial charge is 0.233 e. The van der Waals surface area contributed by atoms with Gasteiger partial charge in [0.2, 0.25) is 11.1 Å². The van der Waals surface area contributed by atoms with Crippen LogP contribution >= 0.6 is 11.8 Å². The number of carbonyl (C=O) groups excluding carboxylic acids is 1. The van der Waals surface area contributed by atoms with Crippen LogP contribution in [0.15, 0.2) is 47.6 Å². The van der Waals surface area contributed by atoms with Crippen molar-refractivity contribution in [2.75, 3.05) is 19.4 Å². The highest BCUT2D eigenvalue weighted by molar-refractivity contribution is 7.99. The van der Waals surface area contributed by atoms with Crippen LogP contribution in [0.1, 0.15) is 23.6 Å². The van der Waals surface area contributed by atoms with Gasteiger partial charge < -0.3 is 9.64 Å². The van der Waals surface area contributed by atoms with E-state index in [0.29, 0.717) is 18.3 Å². The molecule has 152 valence electrons. The number of aromatic nitrogens is 4. The fourth-order valence-electron chi connectivity index (χ4n) is 3.01. The van der Waals surface area contributed by atoms with Gasteiger partial charge in [-0.05, 0) is 60.0 Å².